The molecule has 134 valence electrons. The second kappa shape index (κ2) is 14.1. The molecule has 2 aromatic carbocycles. The maximum absolute atomic E-state index is 3.35. The molecule has 1 aliphatic rings. The van der Waals surface area contributed by atoms with Gasteiger partial charge in [-0.1, -0.05) is 32.3 Å². The summed E-state index contributed by atoms with van der Waals surface area (Å²) in [7, 11) is 0.0576. The van der Waals surface area contributed by atoms with E-state index < -0.39 is 0 Å². The Kier molecular flexibility index (Phi) is 15.4. The summed E-state index contributed by atoms with van der Waals surface area (Å²) in [5.41, 5.74) is 1.42. The largest absolute Gasteiger partial charge is 4.00 e. The first-order valence-electron chi connectivity index (χ1n) is 8.22. The molecule has 0 radical (unpaired) electrons. The Morgan fingerprint density at radius 1 is 1.20 bits per heavy atom. The molecule has 4 heteroatoms. The SMILES string of the molecule is CCCC(C)C1=[C-]CC=C1.CP(C)c1cc2ccccc2[cH-]1.[Cl-].[Cl-].[Ti+4]. The molecule has 3 rings (SSSR count). The molecule has 0 nitrogen and oxygen atoms in total. The minimum Gasteiger partial charge on any atom is -1.00 e. The van der Waals surface area contributed by atoms with Gasteiger partial charge in [-0.2, -0.15) is 12.1 Å². The van der Waals surface area contributed by atoms with E-state index in [1.807, 2.05) is 0 Å². The van der Waals surface area contributed by atoms with Crippen molar-refractivity contribution in [3.05, 3.63) is 60.2 Å². The number of allylic oxidation sites excluding steroid dienone is 4. The Hall–Kier alpha value is 0.0343. The number of benzene rings is 1. The molecule has 0 fully saturated rings. The van der Waals surface area contributed by atoms with E-state index in [-0.39, 0.29) is 54.5 Å². The molecule has 1 atom stereocenters. The molecule has 0 aromatic heterocycles. The Morgan fingerprint density at radius 3 is 2.40 bits per heavy atom. The first-order valence-corrected chi connectivity index (χ1v) is 10.5. The van der Waals surface area contributed by atoms with Crippen LogP contribution in [0.15, 0.2) is 54.1 Å². The first kappa shape index (κ1) is 27.3. The van der Waals surface area contributed by atoms with Crippen LogP contribution in [0.2, 0.25) is 0 Å². The van der Waals surface area contributed by atoms with Gasteiger partial charge in [-0.25, -0.2) is 11.6 Å². The van der Waals surface area contributed by atoms with Crippen LogP contribution in [0, 0.1) is 12.0 Å². The van der Waals surface area contributed by atoms with Gasteiger partial charge in [0.05, 0.1) is 0 Å². The molecule has 1 unspecified atom stereocenters. The quantitative estimate of drug-likeness (QED) is 0.366. The standard InChI is InChI=1S/C11H12P.C10H15.2ClH.Ti/c1-12(2)11-7-9-5-3-4-6-10(9)8-11;1-3-6-9(2)10-7-4-5-8-10;;;/h3-8H,1-2H3;4,7,9H,3,5-6H2,1-2H3;2*1H;/q2*-1;;;+4/p-2. The van der Waals surface area contributed by atoms with E-state index in [1.165, 1.54) is 34.5 Å². The van der Waals surface area contributed by atoms with Crippen LogP contribution in [0.5, 0.6) is 0 Å². The third-order valence-electron chi connectivity index (χ3n) is 4.09. The van der Waals surface area contributed by atoms with E-state index in [9.17, 15) is 0 Å². The van der Waals surface area contributed by atoms with Crippen LogP contribution in [0.1, 0.15) is 33.1 Å². The molecule has 0 saturated heterocycles. The van der Waals surface area contributed by atoms with Crippen molar-refractivity contribution in [2.45, 2.75) is 33.1 Å². The molecule has 1 aliphatic carbocycles. The van der Waals surface area contributed by atoms with E-state index in [4.69, 9.17) is 0 Å². The normalized spacial score (nSPS) is 13.1. The smallest absolute Gasteiger partial charge is 1.00 e. The molecule has 0 spiro atoms. The Morgan fingerprint density at radius 2 is 1.88 bits per heavy atom. The van der Waals surface area contributed by atoms with Crippen molar-refractivity contribution in [3.63, 3.8) is 0 Å². The summed E-state index contributed by atoms with van der Waals surface area (Å²) in [6, 6.07) is 13.2. The van der Waals surface area contributed by atoms with Gasteiger partial charge < -0.3 is 24.8 Å². The van der Waals surface area contributed by atoms with Crippen LogP contribution in [-0.2, 0) is 21.7 Å². The molecule has 0 heterocycles. The Bertz CT molecular complexity index is 626. The molecule has 0 saturated carbocycles. The molecule has 0 amide bonds. The number of hydrogen-bond donors (Lipinski definition) is 0. The predicted molar refractivity (Wildman–Crippen MR) is 103 cm³/mol. The maximum atomic E-state index is 3.35. The van der Waals surface area contributed by atoms with Gasteiger partial charge in [-0.05, 0) is 19.8 Å². The van der Waals surface area contributed by atoms with Crippen molar-refractivity contribution in [2.75, 3.05) is 13.3 Å². The fourth-order valence-corrected chi connectivity index (χ4v) is 3.54. The topological polar surface area (TPSA) is 0 Å². The molecular weight excluding hydrogens is 402 g/mol. The third-order valence-corrected chi connectivity index (χ3v) is 5.38. The molecular formula is C21H27Cl2PTi. The summed E-state index contributed by atoms with van der Waals surface area (Å²) in [4.78, 5) is 0. The molecule has 0 N–H and O–H groups in total. The van der Waals surface area contributed by atoms with Crippen molar-refractivity contribution >= 4 is 24.0 Å². The van der Waals surface area contributed by atoms with Crippen LogP contribution in [0.4, 0.5) is 0 Å². The zero-order valence-electron chi connectivity index (χ0n) is 15.5. The Labute approximate surface area is 182 Å². The van der Waals surface area contributed by atoms with Crippen molar-refractivity contribution in [3.8, 4) is 0 Å². The van der Waals surface area contributed by atoms with Crippen LogP contribution in [0.25, 0.3) is 10.8 Å². The van der Waals surface area contributed by atoms with E-state index in [2.05, 4.69) is 81.8 Å². The predicted octanol–water partition coefficient (Wildman–Crippen LogP) is 0.0431. The number of fused-ring (bicyclic) bond motifs is 1. The van der Waals surface area contributed by atoms with Crippen molar-refractivity contribution in [1.82, 2.24) is 0 Å². The van der Waals surface area contributed by atoms with Crippen molar-refractivity contribution in [2.24, 2.45) is 5.92 Å². The number of halogens is 2. The zero-order chi connectivity index (χ0) is 15.9. The van der Waals surface area contributed by atoms with E-state index in [0.29, 0.717) is 0 Å². The van der Waals surface area contributed by atoms with Crippen LogP contribution >= 0.6 is 7.92 Å². The van der Waals surface area contributed by atoms with Crippen LogP contribution in [0.3, 0.4) is 0 Å². The zero-order valence-corrected chi connectivity index (χ0v) is 19.5. The van der Waals surface area contributed by atoms with Crippen LogP contribution < -0.4 is 30.1 Å². The second-order valence-corrected chi connectivity index (χ2v) is 8.47. The Balaban J connectivity index is 0. The van der Waals surface area contributed by atoms with Crippen molar-refractivity contribution < 1.29 is 46.5 Å². The first-order chi connectivity index (χ1) is 10.6. The summed E-state index contributed by atoms with van der Waals surface area (Å²) >= 11 is 0. The number of hydrogen-bond acceptors (Lipinski definition) is 0. The van der Waals surface area contributed by atoms with Gasteiger partial charge in [0.1, 0.15) is 0 Å². The van der Waals surface area contributed by atoms with Gasteiger partial charge in [0, 0.05) is 0 Å². The van der Waals surface area contributed by atoms with Gasteiger partial charge >= 0.3 is 21.7 Å². The van der Waals surface area contributed by atoms with Crippen LogP contribution in [-0.4, -0.2) is 13.3 Å². The van der Waals surface area contributed by atoms with Gasteiger partial charge in [-0.3, -0.25) is 6.08 Å². The molecule has 25 heavy (non-hydrogen) atoms. The fraction of sp³-hybridized carbons (Fsp3) is 0.381. The molecule has 0 aliphatic heterocycles. The average molecular weight is 429 g/mol. The molecule has 0 bridgehead atoms. The monoisotopic (exact) mass is 428 g/mol. The molecule has 2 aromatic rings. The van der Waals surface area contributed by atoms with Gasteiger partial charge in [-0.15, -0.1) is 54.7 Å². The van der Waals surface area contributed by atoms with Gasteiger partial charge in [0.15, 0.2) is 0 Å². The van der Waals surface area contributed by atoms with E-state index >= 15 is 0 Å². The summed E-state index contributed by atoms with van der Waals surface area (Å²) < 4.78 is 0. The minimum absolute atomic E-state index is 0. The third kappa shape index (κ3) is 8.51. The fourth-order valence-electron chi connectivity index (χ4n) is 2.74. The summed E-state index contributed by atoms with van der Waals surface area (Å²) in [6.07, 6.45) is 11.3. The second-order valence-electron chi connectivity index (χ2n) is 6.17. The summed E-state index contributed by atoms with van der Waals surface area (Å²) in [5.74, 6) is 0.726. The summed E-state index contributed by atoms with van der Waals surface area (Å²) in [5, 5.41) is 4.26. The average Bonchev–Trinajstić information content (AvgIpc) is 3.17. The summed E-state index contributed by atoms with van der Waals surface area (Å²) in [6.45, 7) is 9.10. The van der Waals surface area contributed by atoms with Crippen molar-refractivity contribution in [1.29, 1.82) is 0 Å². The van der Waals surface area contributed by atoms with Gasteiger partial charge in [0.25, 0.3) is 0 Å². The van der Waals surface area contributed by atoms with E-state index in [0.717, 1.165) is 12.3 Å². The maximum Gasteiger partial charge on any atom is 4.00 e. The number of rotatable bonds is 4. The minimum atomic E-state index is 0. The van der Waals surface area contributed by atoms with E-state index in [1.54, 1.807) is 0 Å². The van der Waals surface area contributed by atoms with Gasteiger partial charge in [0.2, 0.25) is 0 Å².